The Balaban J connectivity index is 2.87. The van der Waals surface area contributed by atoms with Gasteiger partial charge in [-0.2, -0.15) is 0 Å². The van der Waals surface area contributed by atoms with Crippen LogP contribution < -0.4 is 5.32 Å². The number of hydrogen-bond donors (Lipinski definition) is 1. The van der Waals surface area contributed by atoms with Crippen molar-refractivity contribution in [1.82, 2.24) is 4.98 Å². The molecular formula is C9H11ClN2O. The summed E-state index contributed by atoms with van der Waals surface area (Å²) in [7, 11) is 0. The minimum atomic E-state index is -0.0608. The number of carbonyl (C=O) groups is 1. The summed E-state index contributed by atoms with van der Waals surface area (Å²) < 4.78 is 0. The number of aryl methyl sites for hydroxylation is 1. The first-order chi connectivity index (χ1) is 6.13. The first-order valence-corrected chi connectivity index (χ1v) is 4.43. The summed E-state index contributed by atoms with van der Waals surface area (Å²) >= 11 is 5.77. The van der Waals surface area contributed by atoms with Crippen molar-refractivity contribution in [2.45, 2.75) is 20.3 Å². The fraction of sp³-hybridized carbons (Fsp3) is 0.333. The van der Waals surface area contributed by atoms with Crippen molar-refractivity contribution in [1.29, 1.82) is 0 Å². The molecular weight excluding hydrogens is 188 g/mol. The highest BCUT2D eigenvalue weighted by molar-refractivity contribution is 6.32. The Morgan fingerprint density at radius 1 is 1.69 bits per heavy atom. The Hall–Kier alpha value is -1.09. The van der Waals surface area contributed by atoms with E-state index in [4.69, 9.17) is 11.6 Å². The van der Waals surface area contributed by atoms with Gasteiger partial charge in [-0.3, -0.25) is 4.79 Å². The zero-order valence-electron chi connectivity index (χ0n) is 7.60. The van der Waals surface area contributed by atoms with E-state index < -0.39 is 0 Å². The predicted octanol–water partition coefficient (Wildman–Crippen LogP) is 2.39. The molecule has 0 saturated heterocycles. The molecule has 0 aliphatic rings. The topological polar surface area (TPSA) is 42.0 Å². The van der Waals surface area contributed by atoms with Gasteiger partial charge in [0.05, 0.1) is 5.69 Å². The van der Waals surface area contributed by atoms with E-state index in [2.05, 4.69) is 10.3 Å². The van der Waals surface area contributed by atoms with Gasteiger partial charge in [0.15, 0.2) is 5.15 Å². The van der Waals surface area contributed by atoms with Crippen LogP contribution in [0.1, 0.15) is 18.9 Å². The van der Waals surface area contributed by atoms with E-state index in [-0.39, 0.29) is 5.91 Å². The number of nitrogens with zero attached hydrogens (tertiary/aromatic N) is 1. The minimum absolute atomic E-state index is 0.0608. The van der Waals surface area contributed by atoms with Crippen LogP contribution in [0, 0.1) is 6.92 Å². The van der Waals surface area contributed by atoms with Crippen LogP contribution in [0.3, 0.4) is 0 Å². The maximum atomic E-state index is 11.0. The SMILES string of the molecule is CCC(=O)Nc1cc(C)cnc1Cl. The number of amides is 1. The first kappa shape index (κ1) is 9.99. The van der Waals surface area contributed by atoms with Gasteiger partial charge < -0.3 is 5.32 Å². The maximum absolute atomic E-state index is 11.0. The molecule has 3 nitrogen and oxygen atoms in total. The molecule has 13 heavy (non-hydrogen) atoms. The van der Waals surface area contributed by atoms with Crippen molar-refractivity contribution >= 4 is 23.2 Å². The third-order valence-corrected chi connectivity index (χ3v) is 1.87. The van der Waals surface area contributed by atoms with Crippen molar-refractivity contribution in [2.24, 2.45) is 0 Å². The Morgan fingerprint density at radius 2 is 2.38 bits per heavy atom. The first-order valence-electron chi connectivity index (χ1n) is 4.05. The van der Waals surface area contributed by atoms with Gasteiger partial charge in [-0.05, 0) is 18.6 Å². The molecule has 0 saturated carbocycles. The van der Waals surface area contributed by atoms with Crippen molar-refractivity contribution in [3.63, 3.8) is 0 Å². The highest BCUT2D eigenvalue weighted by Crippen LogP contribution is 2.19. The van der Waals surface area contributed by atoms with E-state index in [1.807, 2.05) is 6.92 Å². The Bertz CT molecular complexity index is 325. The predicted molar refractivity (Wildman–Crippen MR) is 52.9 cm³/mol. The van der Waals surface area contributed by atoms with Gasteiger partial charge in [-0.15, -0.1) is 0 Å². The van der Waals surface area contributed by atoms with Crippen LogP contribution in [0.25, 0.3) is 0 Å². The lowest BCUT2D eigenvalue weighted by atomic mass is 10.3. The second-order valence-electron chi connectivity index (χ2n) is 2.75. The standard InChI is InChI=1S/C9H11ClN2O/c1-3-8(13)12-7-4-6(2)5-11-9(7)10/h4-5H,3H2,1-2H3,(H,12,13). The summed E-state index contributed by atoms with van der Waals surface area (Å²) in [5.74, 6) is -0.0608. The number of halogens is 1. The Kier molecular flexibility index (Phi) is 3.25. The van der Waals surface area contributed by atoms with Crippen molar-refractivity contribution in [3.8, 4) is 0 Å². The number of anilines is 1. The Morgan fingerprint density at radius 3 is 3.00 bits per heavy atom. The number of rotatable bonds is 2. The lowest BCUT2D eigenvalue weighted by Crippen LogP contribution is -2.10. The molecule has 1 aromatic heterocycles. The molecule has 0 unspecified atom stereocenters. The van der Waals surface area contributed by atoms with E-state index in [9.17, 15) is 4.79 Å². The van der Waals surface area contributed by atoms with Crippen LogP contribution in [-0.2, 0) is 4.79 Å². The van der Waals surface area contributed by atoms with Gasteiger partial charge in [0.25, 0.3) is 0 Å². The summed E-state index contributed by atoms with van der Waals surface area (Å²) in [6.07, 6.45) is 2.09. The molecule has 0 fully saturated rings. The number of aromatic nitrogens is 1. The van der Waals surface area contributed by atoms with Crippen LogP contribution in [0.2, 0.25) is 5.15 Å². The zero-order chi connectivity index (χ0) is 9.84. The molecule has 0 spiro atoms. The number of pyridine rings is 1. The average Bonchev–Trinajstić information content (AvgIpc) is 2.11. The van der Waals surface area contributed by atoms with Crippen molar-refractivity contribution in [2.75, 3.05) is 5.32 Å². The molecule has 1 N–H and O–H groups in total. The smallest absolute Gasteiger partial charge is 0.224 e. The van der Waals surface area contributed by atoms with E-state index in [1.54, 1.807) is 19.2 Å². The monoisotopic (exact) mass is 198 g/mol. The van der Waals surface area contributed by atoms with E-state index in [0.717, 1.165) is 5.56 Å². The minimum Gasteiger partial charge on any atom is -0.323 e. The highest BCUT2D eigenvalue weighted by Gasteiger charge is 2.04. The quantitative estimate of drug-likeness (QED) is 0.742. The van der Waals surface area contributed by atoms with Crippen LogP contribution in [-0.4, -0.2) is 10.9 Å². The third kappa shape index (κ3) is 2.70. The zero-order valence-corrected chi connectivity index (χ0v) is 8.35. The van der Waals surface area contributed by atoms with E-state index in [1.165, 1.54) is 0 Å². The van der Waals surface area contributed by atoms with Gasteiger partial charge in [-0.25, -0.2) is 4.98 Å². The second-order valence-corrected chi connectivity index (χ2v) is 3.11. The molecule has 4 heteroatoms. The summed E-state index contributed by atoms with van der Waals surface area (Å²) in [6.45, 7) is 3.68. The number of hydrogen-bond acceptors (Lipinski definition) is 2. The average molecular weight is 199 g/mol. The van der Waals surface area contributed by atoms with Gasteiger partial charge in [0.1, 0.15) is 0 Å². The van der Waals surface area contributed by atoms with Gasteiger partial charge >= 0.3 is 0 Å². The van der Waals surface area contributed by atoms with Crippen LogP contribution >= 0.6 is 11.6 Å². The summed E-state index contributed by atoms with van der Waals surface area (Å²) in [6, 6.07) is 1.79. The molecule has 1 amide bonds. The molecule has 0 aromatic carbocycles. The lowest BCUT2D eigenvalue weighted by molar-refractivity contribution is -0.115. The number of carbonyl (C=O) groups excluding carboxylic acids is 1. The largest absolute Gasteiger partial charge is 0.323 e. The molecule has 0 aliphatic heterocycles. The fourth-order valence-electron chi connectivity index (χ4n) is 0.879. The highest BCUT2D eigenvalue weighted by atomic mass is 35.5. The molecule has 70 valence electrons. The molecule has 1 aromatic rings. The van der Waals surface area contributed by atoms with Crippen LogP contribution in [0.5, 0.6) is 0 Å². The molecule has 0 radical (unpaired) electrons. The summed E-state index contributed by atoms with van der Waals surface area (Å²) in [5, 5.41) is 2.99. The number of nitrogens with one attached hydrogen (secondary N) is 1. The van der Waals surface area contributed by atoms with Crippen LogP contribution in [0.4, 0.5) is 5.69 Å². The molecule has 0 atom stereocenters. The van der Waals surface area contributed by atoms with E-state index in [0.29, 0.717) is 17.3 Å². The van der Waals surface area contributed by atoms with Gasteiger partial charge in [0.2, 0.25) is 5.91 Å². The van der Waals surface area contributed by atoms with Crippen molar-refractivity contribution in [3.05, 3.63) is 23.0 Å². The third-order valence-electron chi connectivity index (χ3n) is 1.57. The van der Waals surface area contributed by atoms with Crippen molar-refractivity contribution < 1.29 is 4.79 Å². The van der Waals surface area contributed by atoms with Crippen LogP contribution in [0.15, 0.2) is 12.3 Å². The maximum Gasteiger partial charge on any atom is 0.224 e. The lowest BCUT2D eigenvalue weighted by Gasteiger charge is -2.05. The summed E-state index contributed by atoms with van der Waals surface area (Å²) in [5.41, 5.74) is 1.55. The van der Waals surface area contributed by atoms with Gasteiger partial charge in [-0.1, -0.05) is 18.5 Å². The normalized spacial score (nSPS) is 9.77. The second kappa shape index (κ2) is 4.23. The fourth-order valence-corrected chi connectivity index (χ4v) is 1.03. The van der Waals surface area contributed by atoms with Gasteiger partial charge in [0, 0.05) is 12.6 Å². The molecule has 0 bridgehead atoms. The Labute approximate surface area is 82.1 Å². The molecule has 1 heterocycles. The molecule has 0 aliphatic carbocycles. The molecule has 1 rings (SSSR count). The summed E-state index contributed by atoms with van der Waals surface area (Å²) in [4.78, 5) is 15.0. The van der Waals surface area contributed by atoms with E-state index >= 15 is 0 Å².